The van der Waals surface area contributed by atoms with E-state index in [2.05, 4.69) is 0 Å². The van der Waals surface area contributed by atoms with Crippen molar-refractivity contribution in [1.29, 1.82) is 0 Å². The lowest BCUT2D eigenvalue weighted by molar-refractivity contribution is -0.176. The van der Waals surface area contributed by atoms with Crippen molar-refractivity contribution in [2.24, 2.45) is 0 Å². The molecule has 0 heterocycles. The van der Waals surface area contributed by atoms with E-state index >= 15 is 0 Å². The summed E-state index contributed by atoms with van der Waals surface area (Å²) in [6.07, 6.45) is 0. The van der Waals surface area contributed by atoms with Gasteiger partial charge in [0.15, 0.2) is 0 Å². The third kappa shape index (κ3) is 5950. The summed E-state index contributed by atoms with van der Waals surface area (Å²) in [6.45, 7) is 2.17. The van der Waals surface area contributed by atoms with E-state index in [1.54, 1.807) is 0 Å². The Hall–Kier alpha value is 0.392. The van der Waals surface area contributed by atoms with Gasteiger partial charge in [-0.05, 0) is 0 Å². The van der Waals surface area contributed by atoms with Gasteiger partial charge in [-0.1, -0.05) is 0 Å². The lowest BCUT2D eigenvalue weighted by atomic mass is 10.9. The Labute approximate surface area is 102 Å². The van der Waals surface area contributed by atoms with Crippen LogP contribution in [0.1, 0.15) is 13.8 Å². The van der Waals surface area contributed by atoms with Crippen LogP contribution in [-0.2, 0) is 9.59 Å². The van der Waals surface area contributed by atoms with Crippen LogP contribution in [0.3, 0.4) is 0 Å². The average Bonchev–Trinajstić information content (AvgIpc) is 1.66. The molecule has 0 saturated heterocycles. The first-order valence-electron chi connectivity index (χ1n) is 2.06. The highest BCUT2D eigenvalue weighted by Crippen LogP contribution is 1.42. The lowest BCUT2D eigenvalue weighted by Crippen LogP contribution is -1.78. The van der Waals surface area contributed by atoms with Crippen LogP contribution < -0.4 is 0 Å². The highest BCUT2D eigenvalue weighted by atomic mass is 24.3. The van der Waals surface area contributed by atoms with Gasteiger partial charge in [0.05, 0.1) is 0 Å². The molecule has 12 heavy (non-hydrogen) atoms. The van der Waals surface area contributed by atoms with Crippen molar-refractivity contribution >= 4 is 58.0 Å². The van der Waals surface area contributed by atoms with Crippen LogP contribution in [-0.4, -0.2) is 78.8 Å². The first kappa shape index (κ1) is 29.4. The number of carboxylic acids is 2. The molecule has 0 saturated carbocycles. The van der Waals surface area contributed by atoms with Gasteiger partial charge in [0.25, 0.3) is 11.9 Å². The van der Waals surface area contributed by atoms with Crippen molar-refractivity contribution in [3.8, 4) is 0 Å². The Kier molecular flexibility index (Phi) is 73.9. The minimum absolute atomic E-state index is 0. The second kappa shape index (κ2) is 30.1. The summed E-state index contributed by atoms with van der Waals surface area (Å²) >= 11 is 0. The smallest absolute Gasteiger partial charge is 0.316 e. The maximum Gasteiger partial charge on any atom is 0.316 e. The minimum Gasteiger partial charge on any atom is -0.481 e. The molecule has 0 unspecified atom stereocenters. The van der Waals surface area contributed by atoms with Gasteiger partial charge < -0.3 is 10.2 Å². The number of hydrogen-bond acceptors (Lipinski definition) is 4. The first-order valence-corrected chi connectivity index (χ1v) is 2.06. The zero-order valence-corrected chi connectivity index (χ0v) is 5.61. The van der Waals surface area contributed by atoms with Gasteiger partial charge in [0.1, 0.15) is 0 Å². The Bertz CT molecular complexity index is 75.5. The Morgan fingerprint density at radius 2 is 0.833 bits per heavy atom. The van der Waals surface area contributed by atoms with Gasteiger partial charge in [-0.3, -0.25) is 20.1 Å². The van der Waals surface area contributed by atoms with E-state index in [4.69, 9.17) is 30.3 Å². The third-order valence-electron chi connectivity index (χ3n) is 0. The largest absolute Gasteiger partial charge is 0.481 e. The normalized spacial score (nSPS) is 4.67. The van der Waals surface area contributed by atoms with Crippen molar-refractivity contribution < 1.29 is 30.3 Å². The van der Waals surface area contributed by atoms with Gasteiger partial charge in [-0.25, -0.2) is 0 Å². The molecular formula is C4H14Mg2O6. The molecule has 0 radical (unpaired) electrons. The van der Waals surface area contributed by atoms with E-state index in [1.165, 1.54) is 0 Å². The fourth-order valence-electron chi connectivity index (χ4n) is 0. The van der Waals surface area contributed by atoms with Crippen LogP contribution >= 0.6 is 0 Å². The number of rotatable bonds is 0. The predicted molar refractivity (Wildman–Crippen MR) is 49.0 cm³/mol. The van der Waals surface area contributed by atoms with Crippen LogP contribution in [0.2, 0.25) is 0 Å². The summed E-state index contributed by atoms with van der Waals surface area (Å²) in [5.74, 6) is -1.67. The van der Waals surface area contributed by atoms with Crippen LogP contribution in [0, 0.1) is 0 Å². The van der Waals surface area contributed by atoms with Gasteiger partial charge in [0.2, 0.25) is 0 Å². The van der Waals surface area contributed by atoms with E-state index < -0.39 is 11.9 Å². The number of hydrogen-bond donors (Lipinski definition) is 4. The van der Waals surface area contributed by atoms with Crippen LogP contribution in [0.15, 0.2) is 0 Å². The standard InChI is InChI=1S/2C2H4O2.2Mg.H2O2.4H/c2*1-2(3)4;;;1-2;;;;/h2*1H3,(H,3,4);;;1-2H;;;;. The molecule has 0 bridgehead atoms. The highest BCUT2D eigenvalue weighted by molar-refractivity contribution is 5.76. The molecule has 0 rings (SSSR count). The van der Waals surface area contributed by atoms with E-state index in [0.717, 1.165) is 13.8 Å². The van der Waals surface area contributed by atoms with Gasteiger partial charge in [0, 0.05) is 13.8 Å². The first-order chi connectivity index (χ1) is 4.46. The van der Waals surface area contributed by atoms with Gasteiger partial charge in [-0.15, -0.1) is 0 Å². The van der Waals surface area contributed by atoms with Gasteiger partial charge in [-0.2, -0.15) is 0 Å². The molecule has 0 aromatic carbocycles. The fourth-order valence-corrected chi connectivity index (χ4v) is 0. The summed E-state index contributed by atoms with van der Waals surface area (Å²) < 4.78 is 0. The summed E-state index contributed by atoms with van der Waals surface area (Å²) in [7, 11) is 0. The number of aliphatic carboxylic acids is 2. The summed E-state index contributed by atoms with van der Waals surface area (Å²) in [5, 5.41) is 26.8. The van der Waals surface area contributed by atoms with Crippen molar-refractivity contribution in [2.45, 2.75) is 13.8 Å². The monoisotopic (exact) mass is 206 g/mol. The molecule has 0 spiro atoms. The maximum absolute atomic E-state index is 9.00. The molecular weight excluding hydrogens is 193 g/mol. The van der Waals surface area contributed by atoms with Gasteiger partial charge >= 0.3 is 46.1 Å². The fraction of sp³-hybridized carbons (Fsp3) is 0.500. The Morgan fingerprint density at radius 3 is 0.833 bits per heavy atom. The SMILES string of the molecule is CC(=O)O.CC(=O)O.OO.[MgH2].[MgH2]. The number of carboxylic acid groups (broad SMARTS) is 2. The quantitative estimate of drug-likeness (QED) is 0.215. The van der Waals surface area contributed by atoms with E-state index in [9.17, 15) is 0 Å². The highest BCUT2D eigenvalue weighted by Gasteiger charge is 1.65. The Morgan fingerprint density at radius 1 is 0.833 bits per heavy atom. The van der Waals surface area contributed by atoms with E-state index in [1.807, 2.05) is 0 Å². The topological polar surface area (TPSA) is 115 Å². The molecule has 4 N–H and O–H groups in total. The molecule has 70 valence electrons. The average molecular weight is 207 g/mol. The molecule has 0 aliphatic heterocycles. The number of carbonyl (C=O) groups is 2. The second-order valence-electron chi connectivity index (χ2n) is 1.04. The predicted octanol–water partition coefficient (Wildman–Crippen LogP) is -1.63. The van der Waals surface area contributed by atoms with E-state index in [0.29, 0.717) is 0 Å². The molecule has 0 aromatic heterocycles. The van der Waals surface area contributed by atoms with Crippen molar-refractivity contribution in [1.82, 2.24) is 0 Å². The Balaban J connectivity index is -0.0000000198. The van der Waals surface area contributed by atoms with Crippen LogP contribution in [0.5, 0.6) is 0 Å². The third-order valence-corrected chi connectivity index (χ3v) is 0. The van der Waals surface area contributed by atoms with Crippen LogP contribution in [0.4, 0.5) is 0 Å². The molecule has 0 atom stereocenters. The molecule has 0 amide bonds. The zero-order chi connectivity index (χ0) is 9.15. The maximum atomic E-state index is 9.00. The lowest BCUT2D eigenvalue weighted by Gasteiger charge is -1.59. The minimum atomic E-state index is -0.833. The summed E-state index contributed by atoms with van der Waals surface area (Å²) in [6, 6.07) is 0. The summed E-state index contributed by atoms with van der Waals surface area (Å²) in [5.41, 5.74) is 0. The molecule has 0 fully saturated rings. The molecule has 8 heteroatoms. The van der Waals surface area contributed by atoms with Crippen molar-refractivity contribution in [2.75, 3.05) is 0 Å². The van der Waals surface area contributed by atoms with E-state index in [-0.39, 0.29) is 46.1 Å². The van der Waals surface area contributed by atoms with Crippen LogP contribution in [0.25, 0.3) is 0 Å². The van der Waals surface area contributed by atoms with Crippen molar-refractivity contribution in [3.05, 3.63) is 0 Å². The molecule has 6 nitrogen and oxygen atoms in total. The second-order valence-corrected chi connectivity index (χ2v) is 1.04. The summed E-state index contributed by atoms with van der Waals surface area (Å²) in [4.78, 5) is 18.0. The molecule has 0 aromatic rings. The van der Waals surface area contributed by atoms with Crippen molar-refractivity contribution in [3.63, 3.8) is 0 Å². The zero-order valence-electron chi connectivity index (χ0n) is 5.61. The molecule has 0 aliphatic rings. The molecule has 0 aliphatic carbocycles.